The van der Waals surface area contributed by atoms with Gasteiger partial charge in [0, 0.05) is 61.4 Å². The Morgan fingerprint density at radius 3 is 2.75 bits per heavy atom. The monoisotopic (exact) mass is 486 g/mol. The second-order valence-electron chi connectivity index (χ2n) is 9.05. The van der Waals surface area contributed by atoms with E-state index in [0.717, 1.165) is 47.5 Å². The molecule has 0 saturated carbocycles. The van der Waals surface area contributed by atoms with Gasteiger partial charge in [0.1, 0.15) is 5.52 Å². The summed E-state index contributed by atoms with van der Waals surface area (Å²) in [5.74, 6) is 0.843. The fraction of sp³-hybridized carbons (Fsp3) is 0.346. The van der Waals surface area contributed by atoms with Crippen molar-refractivity contribution in [3.8, 4) is 22.5 Å². The number of ether oxygens (including phenoxy) is 1. The highest BCUT2D eigenvalue weighted by atomic mass is 16.5. The van der Waals surface area contributed by atoms with Crippen molar-refractivity contribution in [3.63, 3.8) is 0 Å². The lowest BCUT2D eigenvalue weighted by molar-refractivity contribution is 0.137. The molecule has 1 saturated heterocycles. The van der Waals surface area contributed by atoms with Crippen LogP contribution >= 0.6 is 0 Å². The minimum atomic E-state index is -0.567. The number of amides is 1. The molecule has 2 atom stereocenters. The summed E-state index contributed by atoms with van der Waals surface area (Å²) in [7, 11) is 0. The van der Waals surface area contributed by atoms with Crippen molar-refractivity contribution in [2.24, 2.45) is 0 Å². The SMILES string of the molecule is CCOC(=O)Nc1nc2c(-c3ncccn3)cc(-c3ccc(CN4CC(C)NC[C@H]4C)nc3)cc2[nH]1. The highest BCUT2D eigenvalue weighted by Crippen LogP contribution is 2.32. The van der Waals surface area contributed by atoms with E-state index in [1.54, 1.807) is 25.4 Å². The molecule has 3 N–H and O–H groups in total. The zero-order valence-corrected chi connectivity index (χ0v) is 20.7. The summed E-state index contributed by atoms with van der Waals surface area (Å²) in [4.78, 5) is 35.7. The normalized spacial score (nSPS) is 18.3. The van der Waals surface area contributed by atoms with Gasteiger partial charge in [-0.15, -0.1) is 0 Å². The molecule has 3 aromatic heterocycles. The van der Waals surface area contributed by atoms with Gasteiger partial charge in [0.15, 0.2) is 5.82 Å². The quantitative estimate of drug-likeness (QED) is 0.376. The number of hydrogen-bond donors (Lipinski definition) is 3. The molecule has 0 spiro atoms. The average Bonchev–Trinajstić information content (AvgIpc) is 3.29. The number of aromatic amines is 1. The molecule has 0 aliphatic carbocycles. The summed E-state index contributed by atoms with van der Waals surface area (Å²) < 4.78 is 4.98. The first kappa shape index (κ1) is 23.8. The predicted molar refractivity (Wildman–Crippen MR) is 138 cm³/mol. The van der Waals surface area contributed by atoms with Crippen molar-refractivity contribution in [2.75, 3.05) is 25.0 Å². The molecule has 1 aliphatic heterocycles. The molecule has 0 bridgehead atoms. The Kier molecular flexibility index (Phi) is 6.88. The van der Waals surface area contributed by atoms with E-state index in [2.05, 4.69) is 61.4 Å². The molecule has 1 aliphatic rings. The maximum Gasteiger partial charge on any atom is 0.413 e. The van der Waals surface area contributed by atoms with Crippen LogP contribution in [0.5, 0.6) is 0 Å². The van der Waals surface area contributed by atoms with Gasteiger partial charge in [-0.05, 0) is 50.6 Å². The smallest absolute Gasteiger partial charge is 0.413 e. The number of carbonyl (C=O) groups excluding carboxylic acids is 1. The lowest BCUT2D eigenvalue weighted by atomic mass is 10.0. The Balaban J connectivity index is 1.47. The molecule has 1 aromatic carbocycles. The number of rotatable bonds is 6. The van der Waals surface area contributed by atoms with Crippen molar-refractivity contribution in [1.29, 1.82) is 0 Å². The molecule has 1 amide bonds. The fourth-order valence-electron chi connectivity index (χ4n) is 4.43. The molecule has 1 fully saturated rings. The van der Waals surface area contributed by atoms with Crippen LogP contribution in [-0.2, 0) is 11.3 Å². The number of anilines is 1. The van der Waals surface area contributed by atoms with E-state index in [-0.39, 0.29) is 6.61 Å². The maximum atomic E-state index is 11.9. The third-order valence-corrected chi connectivity index (χ3v) is 6.31. The number of piperazine rings is 1. The molecule has 1 unspecified atom stereocenters. The van der Waals surface area contributed by atoms with Crippen LogP contribution in [0.4, 0.5) is 10.7 Å². The van der Waals surface area contributed by atoms with Crippen LogP contribution in [-0.4, -0.2) is 67.7 Å². The molecular formula is C26H30N8O2. The predicted octanol–water partition coefficient (Wildman–Crippen LogP) is 3.83. The second-order valence-corrected chi connectivity index (χ2v) is 9.05. The van der Waals surface area contributed by atoms with Crippen molar-refractivity contribution >= 4 is 23.1 Å². The number of pyridine rings is 1. The molecular weight excluding hydrogens is 456 g/mol. The minimum Gasteiger partial charge on any atom is -0.450 e. The van der Waals surface area contributed by atoms with Crippen LogP contribution in [0.15, 0.2) is 48.9 Å². The van der Waals surface area contributed by atoms with E-state index in [9.17, 15) is 4.79 Å². The number of H-pyrrole nitrogens is 1. The molecule has 4 aromatic rings. The topological polar surface area (TPSA) is 121 Å². The number of imidazole rings is 1. The average molecular weight is 487 g/mol. The molecule has 5 rings (SSSR count). The van der Waals surface area contributed by atoms with Gasteiger partial charge in [-0.3, -0.25) is 15.2 Å². The van der Waals surface area contributed by atoms with Crippen LogP contribution in [0.2, 0.25) is 0 Å². The Hall–Kier alpha value is -3.89. The fourth-order valence-corrected chi connectivity index (χ4v) is 4.43. The van der Waals surface area contributed by atoms with Gasteiger partial charge in [0.2, 0.25) is 5.95 Å². The van der Waals surface area contributed by atoms with Gasteiger partial charge in [0.05, 0.1) is 17.8 Å². The van der Waals surface area contributed by atoms with Crippen molar-refractivity contribution in [3.05, 3.63) is 54.6 Å². The number of carbonyl (C=O) groups is 1. The van der Waals surface area contributed by atoms with Crippen LogP contribution < -0.4 is 10.6 Å². The van der Waals surface area contributed by atoms with E-state index >= 15 is 0 Å². The van der Waals surface area contributed by atoms with Crippen LogP contribution in [0.1, 0.15) is 26.5 Å². The van der Waals surface area contributed by atoms with Gasteiger partial charge >= 0.3 is 6.09 Å². The third kappa shape index (κ3) is 5.19. The molecule has 0 radical (unpaired) electrons. The summed E-state index contributed by atoms with van der Waals surface area (Å²) in [6.07, 6.45) is 4.72. The number of aromatic nitrogens is 5. The van der Waals surface area contributed by atoms with Crippen LogP contribution in [0.25, 0.3) is 33.5 Å². The summed E-state index contributed by atoms with van der Waals surface area (Å²) in [5, 5.41) is 6.15. The van der Waals surface area contributed by atoms with Crippen LogP contribution in [0, 0.1) is 0 Å². The molecule has 4 heterocycles. The highest BCUT2D eigenvalue weighted by Gasteiger charge is 2.22. The maximum absolute atomic E-state index is 11.9. The summed E-state index contributed by atoms with van der Waals surface area (Å²) in [5.41, 5.74) is 5.10. The summed E-state index contributed by atoms with van der Waals surface area (Å²) >= 11 is 0. The zero-order valence-electron chi connectivity index (χ0n) is 20.7. The lowest BCUT2D eigenvalue weighted by Crippen LogP contribution is -2.53. The molecule has 10 heteroatoms. The Bertz CT molecular complexity index is 1340. The van der Waals surface area contributed by atoms with E-state index in [1.807, 2.05) is 18.3 Å². The number of hydrogen-bond acceptors (Lipinski definition) is 8. The first-order chi connectivity index (χ1) is 17.5. The largest absolute Gasteiger partial charge is 0.450 e. The lowest BCUT2D eigenvalue weighted by Gasteiger charge is -2.37. The van der Waals surface area contributed by atoms with E-state index in [4.69, 9.17) is 9.72 Å². The van der Waals surface area contributed by atoms with E-state index in [0.29, 0.717) is 29.4 Å². The summed E-state index contributed by atoms with van der Waals surface area (Å²) in [6.45, 7) is 9.28. The van der Waals surface area contributed by atoms with Crippen molar-refractivity contribution in [2.45, 2.75) is 39.4 Å². The van der Waals surface area contributed by atoms with Crippen LogP contribution in [0.3, 0.4) is 0 Å². The molecule has 186 valence electrons. The van der Waals surface area contributed by atoms with Crippen molar-refractivity contribution < 1.29 is 9.53 Å². The highest BCUT2D eigenvalue weighted by molar-refractivity contribution is 5.96. The molecule has 36 heavy (non-hydrogen) atoms. The summed E-state index contributed by atoms with van der Waals surface area (Å²) in [6, 6.07) is 10.9. The second kappa shape index (κ2) is 10.4. The van der Waals surface area contributed by atoms with Crippen molar-refractivity contribution in [1.82, 2.24) is 35.1 Å². The standard InChI is InChI=1S/C26H30N8O2/c1-4-36-26(35)33-25-31-22-11-19(10-21(23(22)32-25)24-27-8-5-9-28-24)18-6-7-20(30-13-18)15-34-14-16(2)29-12-17(34)3/h5-11,13,16-17,29H,4,12,14-15H2,1-3H3,(H2,31,32,33,35)/t16?,17-/m1/s1. The van der Waals surface area contributed by atoms with E-state index < -0.39 is 6.09 Å². The number of benzene rings is 1. The Morgan fingerprint density at radius 1 is 1.17 bits per heavy atom. The number of nitrogens with one attached hydrogen (secondary N) is 3. The van der Waals surface area contributed by atoms with Gasteiger partial charge in [-0.1, -0.05) is 6.07 Å². The minimum absolute atomic E-state index is 0.273. The van der Waals surface area contributed by atoms with Gasteiger partial charge in [-0.25, -0.2) is 19.7 Å². The Morgan fingerprint density at radius 2 is 2.00 bits per heavy atom. The first-order valence-corrected chi connectivity index (χ1v) is 12.2. The molecule has 10 nitrogen and oxygen atoms in total. The third-order valence-electron chi connectivity index (χ3n) is 6.31. The first-order valence-electron chi connectivity index (χ1n) is 12.2. The Labute approximate surface area is 209 Å². The van der Waals surface area contributed by atoms with Gasteiger partial charge in [-0.2, -0.15) is 0 Å². The number of fused-ring (bicyclic) bond motifs is 1. The van der Waals surface area contributed by atoms with Gasteiger partial charge < -0.3 is 15.0 Å². The van der Waals surface area contributed by atoms with E-state index in [1.165, 1.54) is 0 Å². The van der Waals surface area contributed by atoms with Gasteiger partial charge in [0.25, 0.3) is 0 Å². The zero-order chi connectivity index (χ0) is 25.1. The number of nitrogens with zero attached hydrogens (tertiary/aromatic N) is 5.